The first-order valence-corrected chi connectivity index (χ1v) is 9.76. The Balaban J connectivity index is 1.49. The molecule has 1 aliphatic rings. The lowest BCUT2D eigenvalue weighted by molar-refractivity contribution is 0.0766. The van der Waals surface area contributed by atoms with Crippen molar-refractivity contribution in [1.29, 1.82) is 0 Å². The zero-order valence-electron chi connectivity index (χ0n) is 14.5. The van der Waals surface area contributed by atoms with Crippen LogP contribution in [0.4, 0.5) is 4.39 Å². The van der Waals surface area contributed by atoms with E-state index in [1.165, 1.54) is 17.1 Å². The molecule has 1 aromatic heterocycles. The second kappa shape index (κ2) is 7.87. The molecule has 1 atom stereocenters. The molecule has 1 amide bonds. The van der Waals surface area contributed by atoms with Crippen LogP contribution in [0.2, 0.25) is 0 Å². The molecule has 0 aliphatic carbocycles. The average molecular weight is 383 g/mol. The van der Waals surface area contributed by atoms with Gasteiger partial charge in [-0.1, -0.05) is 24.3 Å². The van der Waals surface area contributed by atoms with Gasteiger partial charge in [0.2, 0.25) is 0 Å². The van der Waals surface area contributed by atoms with Gasteiger partial charge in [0.1, 0.15) is 12.1 Å². The zero-order valence-corrected chi connectivity index (χ0v) is 15.3. The van der Waals surface area contributed by atoms with Crippen molar-refractivity contribution in [3.63, 3.8) is 0 Å². The Kier molecular flexibility index (Phi) is 5.15. The molecule has 0 radical (unpaired) electrons. The number of tetrazole rings is 1. The van der Waals surface area contributed by atoms with Gasteiger partial charge in [-0.2, -0.15) is 11.8 Å². The van der Waals surface area contributed by atoms with Crippen LogP contribution >= 0.6 is 11.8 Å². The highest BCUT2D eigenvalue weighted by Gasteiger charge is 2.24. The Morgan fingerprint density at radius 2 is 2.04 bits per heavy atom. The number of aromatic nitrogens is 4. The Morgan fingerprint density at radius 1 is 1.15 bits per heavy atom. The maximum atomic E-state index is 14.1. The maximum Gasteiger partial charge on any atom is 0.253 e. The fourth-order valence-electron chi connectivity index (χ4n) is 3.20. The SMILES string of the molecule is O=C(c1cccc(-n2cnnn2)c1)N1CCSC(c2ccccc2F)CC1. The third-order valence-electron chi connectivity index (χ3n) is 4.59. The van der Waals surface area contributed by atoms with E-state index >= 15 is 0 Å². The number of carbonyl (C=O) groups excluding carboxylic acids is 1. The first kappa shape index (κ1) is 17.7. The van der Waals surface area contributed by atoms with Crippen LogP contribution in [0.25, 0.3) is 5.69 Å². The van der Waals surface area contributed by atoms with Gasteiger partial charge in [-0.05, 0) is 41.1 Å². The lowest BCUT2D eigenvalue weighted by Gasteiger charge is -2.20. The van der Waals surface area contributed by atoms with E-state index in [0.29, 0.717) is 18.7 Å². The van der Waals surface area contributed by atoms with Gasteiger partial charge in [0.25, 0.3) is 5.91 Å². The number of halogens is 1. The molecule has 2 aromatic carbocycles. The van der Waals surface area contributed by atoms with E-state index in [-0.39, 0.29) is 17.0 Å². The van der Waals surface area contributed by atoms with E-state index in [1.807, 2.05) is 29.2 Å². The molecular weight excluding hydrogens is 365 g/mol. The highest BCUT2D eigenvalue weighted by Crippen LogP contribution is 2.35. The maximum absolute atomic E-state index is 14.1. The van der Waals surface area contributed by atoms with Crippen LogP contribution in [-0.2, 0) is 0 Å². The fourth-order valence-corrected chi connectivity index (χ4v) is 4.45. The second-order valence-corrected chi connectivity index (χ2v) is 7.58. The van der Waals surface area contributed by atoms with Gasteiger partial charge in [0.15, 0.2) is 0 Å². The molecule has 8 heteroatoms. The first-order valence-electron chi connectivity index (χ1n) is 8.71. The summed E-state index contributed by atoms with van der Waals surface area (Å²) in [6.45, 7) is 1.24. The van der Waals surface area contributed by atoms with Crippen molar-refractivity contribution in [2.24, 2.45) is 0 Å². The summed E-state index contributed by atoms with van der Waals surface area (Å²) < 4.78 is 15.6. The molecule has 0 saturated carbocycles. The second-order valence-electron chi connectivity index (χ2n) is 6.27. The molecule has 2 heterocycles. The smallest absolute Gasteiger partial charge is 0.253 e. The third-order valence-corrected chi connectivity index (χ3v) is 5.90. The Hall–Kier alpha value is -2.74. The molecule has 27 heavy (non-hydrogen) atoms. The van der Waals surface area contributed by atoms with Crippen LogP contribution < -0.4 is 0 Å². The van der Waals surface area contributed by atoms with E-state index in [9.17, 15) is 9.18 Å². The topological polar surface area (TPSA) is 63.9 Å². The van der Waals surface area contributed by atoms with Gasteiger partial charge >= 0.3 is 0 Å². The first-order chi connectivity index (χ1) is 13.2. The predicted molar refractivity (Wildman–Crippen MR) is 101 cm³/mol. The molecule has 4 rings (SSSR count). The van der Waals surface area contributed by atoms with Crippen LogP contribution in [0, 0.1) is 5.82 Å². The largest absolute Gasteiger partial charge is 0.338 e. The lowest BCUT2D eigenvalue weighted by atomic mass is 10.1. The predicted octanol–water partition coefficient (Wildman–Crippen LogP) is 3.12. The van der Waals surface area contributed by atoms with Crippen LogP contribution in [-0.4, -0.2) is 49.9 Å². The van der Waals surface area contributed by atoms with Crippen molar-refractivity contribution in [2.45, 2.75) is 11.7 Å². The van der Waals surface area contributed by atoms with E-state index in [4.69, 9.17) is 0 Å². The van der Waals surface area contributed by atoms with Crippen molar-refractivity contribution in [2.75, 3.05) is 18.8 Å². The molecule has 1 saturated heterocycles. The number of benzene rings is 2. The van der Waals surface area contributed by atoms with Crippen molar-refractivity contribution < 1.29 is 9.18 Å². The van der Waals surface area contributed by atoms with Crippen LogP contribution in [0.15, 0.2) is 54.9 Å². The molecule has 0 spiro atoms. The highest BCUT2D eigenvalue weighted by molar-refractivity contribution is 7.99. The monoisotopic (exact) mass is 383 g/mol. The molecule has 1 fully saturated rings. The van der Waals surface area contributed by atoms with Gasteiger partial charge < -0.3 is 4.90 Å². The average Bonchev–Trinajstić information content (AvgIpc) is 3.13. The van der Waals surface area contributed by atoms with Gasteiger partial charge in [-0.25, -0.2) is 9.07 Å². The summed E-state index contributed by atoms with van der Waals surface area (Å²) in [5.74, 6) is 0.570. The minimum atomic E-state index is -0.177. The number of amides is 1. The van der Waals surface area contributed by atoms with E-state index < -0.39 is 0 Å². The molecular formula is C19H18FN5OS. The summed E-state index contributed by atoms with van der Waals surface area (Å²) in [7, 11) is 0. The van der Waals surface area contributed by atoms with E-state index in [1.54, 1.807) is 30.0 Å². The Morgan fingerprint density at radius 3 is 2.85 bits per heavy atom. The van der Waals surface area contributed by atoms with Gasteiger partial charge in [-0.15, -0.1) is 5.10 Å². The molecule has 0 bridgehead atoms. The quantitative estimate of drug-likeness (QED) is 0.695. The molecule has 1 aliphatic heterocycles. The summed E-state index contributed by atoms with van der Waals surface area (Å²) in [6.07, 6.45) is 2.22. The van der Waals surface area contributed by atoms with Crippen molar-refractivity contribution in [1.82, 2.24) is 25.1 Å². The number of hydrogen-bond donors (Lipinski definition) is 0. The zero-order chi connectivity index (χ0) is 18.6. The number of carbonyl (C=O) groups is 1. The third kappa shape index (κ3) is 3.85. The van der Waals surface area contributed by atoms with Crippen molar-refractivity contribution in [3.05, 3.63) is 71.8 Å². The van der Waals surface area contributed by atoms with Gasteiger partial charge in [-0.3, -0.25) is 4.79 Å². The minimum Gasteiger partial charge on any atom is -0.338 e. The van der Waals surface area contributed by atoms with Crippen molar-refractivity contribution in [3.8, 4) is 5.69 Å². The molecule has 138 valence electrons. The standard InChI is InChI=1S/C19H18FN5OS/c20-17-7-2-1-6-16(17)18-8-9-24(10-11-27-18)19(26)14-4-3-5-15(12-14)25-13-21-22-23-25/h1-7,12-13,18H,8-11H2. The molecule has 3 aromatic rings. The Bertz CT molecular complexity index is 933. The number of thioether (sulfide) groups is 1. The minimum absolute atomic E-state index is 0.0280. The summed E-state index contributed by atoms with van der Waals surface area (Å²) in [4.78, 5) is 14.8. The van der Waals surface area contributed by atoms with Crippen LogP contribution in [0.5, 0.6) is 0 Å². The van der Waals surface area contributed by atoms with Crippen molar-refractivity contribution >= 4 is 17.7 Å². The number of hydrogen-bond acceptors (Lipinski definition) is 5. The van der Waals surface area contributed by atoms with Crippen LogP contribution in [0.1, 0.15) is 27.6 Å². The number of rotatable bonds is 3. The van der Waals surface area contributed by atoms with E-state index in [2.05, 4.69) is 15.5 Å². The summed E-state index contributed by atoms with van der Waals surface area (Å²) >= 11 is 1.70. The Labute approximate surface area is 160 Å². The summed E-state index contributed by atoms with van der Waals surface area (Å²) in [6, 6.07) is 14.1. The van der Waals surface area contributed by atoms with Crippen LogP contribution in [0.3, 0.4) is 0 Å². The molecule has 6 nitrogen and oxygen atoms in total. The summed E-state index contributed by atoms with van der Waals surface area (Å²) in [5, 5.41) is 11.2. The molecule has 1 unspecified atom stereocenters. The van der Waals surface area contributed by atoms with E-state index in [0.717, 1.165) is 23.4 Å². The van der Waals surface area contributed by atoms with Gasteiger partial charge in [0, 0.05) is 35.2 Å². The fraction of sp³-hybridized carbons (Fsp3) is 0.263. The van der Waals surface area contributed by atoms with Gasteiger partial charge in [0.05, 0.1) is 5.69 Å². The number of nitrogens with zero attached hydrogens (tertiary/aromatic N) is 5. The molecule has 0 N–H and O–H groups in total. The normalized spacial score (nSPS) is 17.5. The summed E-state index contributed by atoms with van der Waals surface area (Å²) in [5.41, 5.74) is 2.05. The lowest BCUT2D eigenvalue weighted by Crippen LogP contribution is -2.33. The highest BCUT2D eigenvalue weighted by atomic mass is 32.2.